The molecule has 0 bridgehead atoms. The van der Waals surface area contributed by atoms with Gasteiger partial charge in [-0.1, -0.05) is 12.1 Å². The first-order valence-corrected chi connectivity index (χ1v) is 4.51. The molecule has 0 fully saturated rings. The molecule has 2 rings (SSSR count). The van der Waals surface area contributed by atoms with E-state index in [1.165, 1.54) is 12.1 Å². The Morgan fingerprint density at radius 3 is 2.93 bits per heavy atom. The summed E-state index contributed by atoms with van der Waals surface area (Å²) in [4.78, 5) is 17.8. The molecule has 15 heavy (non-hydrogen) atoms. The standard InChI is InChI=1S/C11H9FN2O/c12-9-3-1-2-8(6-9)10(7-15)11-13-4-5-14-11/h1-7,10H,(H,13,14). The van der Waals surface area contributed by atoms with Crippen molar-refractivity contribution in [1.82, 2.24) is 9.97 Å². The molecule has 1 heterocycles. The molecule has 1 aromatic carbocycles. The Bertz CT molecular complexity index is 453. The van der Waals surface area contributed by atoms with Gasteiger partial charge in [0.15, 0.2) is 0 Å². The number of aromatic amines is 1. The minimum Gasteiger partial charge on any atom is -0.348 e. The fourth-order valence-electron chi connectivity index (χ4n) is 1.45. The maximum atomic E-state index is 13.0. The van der Waals surface area contributed by atoms with Crippen LogP contribution in [0, 0.1) is 5.82 Å². The number of H-pyrrole nitrogens is 1. The highest BCUT2D eigenvalue weighted by Crippen LogP contribution is 2.19. The monoisotopic (exact) mass is 204 g/mol. The molecular weight excluding hydrogens is 195 g/mol. The van der Waals surface area contributed by atoms with Gasteiger partial charge in [0.05, 0.1) is 5.92 Å². The first kappa shape index (κ1) is 9.58. The Balaban J connectivity index is 2.39. The molecule has 1 atom stereocenters. The van der Waals surface area contributed by atoms with E-state index in [0.717, 1.165) is 6.29 Å². The number of benzene rings is 1. The van der Waals surface area contributed by atoms with Crippen LogP contribution >= 0.6 is 0 Å². The minimum absolute atomic E-state index is 0.356. The number of hydrogen-bond donors (Lipinski definition) is 1. The highest BCUT2D eigenvalue weighted by Gasteiger charge is 2.15. The van der Waals surface area contributed by atoms with Crippen LogP contribution in [0.1, 0.15) is 17.3 Å². The predicted octanol–water partition coefficient (Wildman–Crippen LogP) is 1.88. The molecule has 0 saturated carbocycles. The van der Waals surface area contributed by atoms with E-state index in [4.69, 9.17) is 0 Å². The molecule has 2 aromatic rings. The minimum atomic E-state index is -0.532. The number of hydrogen-bond acceptors (Lipinski definition) is 2. The number of halogens is 1. The number of aldehydes is 1. The summed E-state index contributed by atoms with van der Waals surface area (Å²) in [6.45, 7) is 0. The van der Waals surface area contributed by atoms with Crippen molar-refractivity contribution in [3.05, 3.63) is 53.9 Å². The Hall–Kier alpha value is -1.97. The maximum absolute atomic E-state index is 13.0. The predicted molar refractivity (Wildman–Crippen MR) is 52.9 cm³/mol. The van der Waals surface area contributed by atoms with E-state index in [-0.39, 0.29) is 5.82 Å². The Morgan fingerprint density at radius 1 is 1.47 bits per heavy atom. The van der Waals surface area contributed by atoms with Gasteiger partial charge < -0.3 is 9.78 Å². The number of carbonyl (C=O) groups is 1. The lowest BCUT2D eigenvalue weighted by molar-refractivity contribution is -0.108. The first-order chi connectivity index (χ1) is 7.31. The van der Waals surface area contributed by atoms with Gasteiger partial charge in [0.1, 0.15) is 17.9 Å². The van der Waals surface area contributed by atoms with Crippen LogP contribution in [0.4, 0.5) is 4.39 Å². The first-order valence-electron chi connectivity index (χ1n) is 4.51. The highest BCUT2D eigenvalue weighted by atomic mass is 19.1. The number of aromatic nitrogens is 2. The molecule has 1 N–H and O–H groups in total. The molecule has 1 unspecified atom stereocenters. The zero-order valence-electron chi connectivity index (χ0n) is 7.85. The second-order valence-electron chi connectivity index (χ2n) is 3.14. The van der Waals surface area contributed by atoms with Crippen molar-refractivity contribution < 1.29 is 9.18 Å². The van der Waals surface area contributed by atoms with Crippen molar-refractivity contribution in [3.8, 4) is 0 Å². The van der Waals surface area contributed by atoms with E-state index in [1.807, 2.05) is 0 Å². The average molecular weight is 204 g/mol. The van der Waals surface area contributed by atoms with E-state index < -0.39 is 5.92 Å². The largest absolute Gasteiger partial charge is 0.348 e. The molecule has 0 aliphatic carbocycles. The molecule has 3 nitrogen and oxygen atoms in total. The Morgan fingerprint density at radius 2 is 2.33 bits per heavy atom. The summed E-state index contributed by atoms with van der Waals surface area (Å²) in [5, 5.41) is 0. The lowest BCUT2D eigenvalue weighted by atomic mass is 10.00. The van der Waals surface area contributed by atoms with Crippen LogP contribution < -0.4 is 0 Å². The van der Waals surface area contributed by atoms with Gasteiger partial charge in [0.25, 0.3) is 0 Å². The lowest BCUT2D eigenvalue weighted by Crippen LogP contribution is -2.04. The number of nitrogens with one attached hydrogen (secondary N) is 1. The third-order valence-corrected chi connectivity index (χ3v) is 2.16. The Labute approximate surface area is 86.0 Å². The average Bonchev–Trinajstić information content (AvgIpc) is 2.72. The Kier molecular flexibility index (Phi) is 2.58. The van der Waals surface area contributed by atoms with E-state index in [9.17, 15) is 9.18 Å². The van der Waals surface area contributed by atoms with Gasteiger partial charge in [-0.2, -0.15) is 0 Å². The smallest absolute Gasteiger partial charge is 0.135 e. The van der Waals surface area contributed by atoms with Crippen LogP contribution in [0.25, 0.3) is 0 Å². The van der Waals surface area contributed by atoms with Crippen LogP contribution in [-0.4, -0.2) is 16.3 Å². The summed E-state index contributed by atoms with van der Waals surface area (Å²) in [6.07, 6.45) is 3.93. The summed E-state index contributed by atoms with van der Waals surface area (Å²) in [5.41, 5.74) is 0.597. The number of carbonyl (C=O) groups excluding carboxylic acids is 1. The normalized spacial score (nSPS) is 12.3. The van der Waals surface area contributed by atoms with Gasteiger partial charge in [-0.15, -0.1) is 0 Å². The number of rotatable bonds is 3. The summed E-state index contributed by atoms with van der Waals surface area (Å²) < 4.78 is 13.0. The lowest BCUT2D eigenvalue weighted by Gasteiger charge is -2.07. The quantitative estimate of drug-likeness (QED) is 0.776. The van der Waals surface area contributed by atoms with E-state index in [2.05, 4.69) is 9.97 Å². The third-order valence-electron chi connectivity index (χ3n) is 2.16. The summed E-state index contributed by atoms with van der Waals surface area (Å²) in [5.74, 6) is -0.364. The molecule has 1 aromatic heterocycles. The zero-order chi connectivity index (χ0) is 10.7. The van der Waals surface area contributed by atoms with Crippen LogP contribution in [0.5, 0.6) is 0 Å². The molecule has 0 aliphatic heterocycles. The molecular formula is C11H9FN2O. The topological polar surface area (TPSA) is 45.8 Å². The second kappa shape index (κ2) is 4.04. The van der Waals surface area contributed by atoms with Gasteiger partial charge in [0, 0.05) is 12.4 Å². The molecule has 4 heteroatoms. The van der Waals surface area contributed by atoms with Crippen LogP contribution in [-0.2, 0) is 4.79 Å². The van der Waals surface area contributed by atoms with E-state index >= 15 is 0 Å². The van der Waals surface area contributed by atoms with Crippen LogP contribution in [0.2, 0.25) is 0 Å². The van der Waals surface area contributed by atoms with Crippen molar-refractivity contribution in [2.75, 3.05) is 0 Å². The van der Waals surface area contributed by atoms with Gasteiger partial charge in [-0.05, 0) is 17.7 Å². The van der Waals surface area contributed by atoms with Gasteiger partial charge in [-0.25, -0.2) is 9.37 Å². The molecule has 0 saturated heterocycles. The molecule has 0 aliphatic rings. The number of imidazole rings is 1. The summed E-state index contributed by atoms with van der Waals surface area (Å²) >= 11 is 0. The maximum Gasteiger partial charge on any atom is 0.135 e. The fraction of sp³-hybridized carbons (Fsp3) is 0.0909. The second-order valence-corrected chi connectivity index (χ2v) is 3.14. The third kappa shape index (κ3) is 1.93. The molecule has 0 amide bonds. The highest BCUT2D eigenvalue weighted by molar-refractivity contribution is 5.66. The van der Waals surface area contributed by atoms with Gasteiger partial charge in [-0.3, -0.25) is 0 Å². The van der Waals surface area contributed by atoms with E-state index in [0.29, 0.717) is 11.4 Å². The number of nitrogens with zero attached hydrogens (tertiary/aromatic N) is 1. The van der Waals surface area contributed by atoms with Crippen LogP contribution in [0.15, 0.2) is 36.7 Å². The van der Waals surface area contributed by atoms with Crippen molar-refractivity contribution >= 4 is 6.29 Å². The zero-order valence-corrected chi connectivity index (χ0v) is 7.85. The van der Waals surface area contributed by atoms with Gasteiger partial charge in [0.2, 0.25) is 0 Å². The van der Waals surface area contributed by atoms with Crippen molar-refractivity contribution in [3.63, 3.8) is 0 Å². The SMILES string of the molecule is O=CC(c1cccc(F)c1)c1ncc[nH]1. The van der Waals surface area contributed by atoms with Crippen LogP contribution in [0.3, 0.4) is 0 Å². The summed E-state index contributed by atoms with van der Waals surface area (Å²) in [7, 11) is 0. The molecule has 0 radical (unpaired) electrons. The summed E-state index contributed by atoms with van der Waals surface area (Å²) in [6, 6.07) is 5.95. The van der Waals surface area contributed by atoms with E-state index in [1.54, 1.807) is 24.5 Å². The fourth-order valence-corrected chi connectivity index (χ4v) is 1.45. The van der Waals surface area contributed by atoms with Gasteiger partial charge >= 0.3 is 0 Å². The van der Waals surface area contributed by atoms with Crippen molar-refractivity contribution in [1.29, 1.82) is 0 Å². The van der Waals surface area contributed by atoms with Crippen molar-refractivity contribution in [2.24, 2.45) is 0 Å². The van der Waals surface area contributed by atoms with Crippen molar-refractivity contribution in [2.45, 2.75) is 5.92 Å². The molecule has 76 valence electrons. The molecule has 0 spiro atoms.